The molecule has 0 N–H and O–H groups in total. The molecule has 0 heterocycles. The van der Waals surface area contributed by atoms with Crippen molar-refractivity contribution in [2.75, 3.05) is 0 Å². The molecule has 3 fully saturated rings. The molecule has 0 spiro atoms. The fourth-order valence-corrected chi connectivity index (χ4v) is 10.8. The number of allylic oxidation sites excluding steroid dienone is 1. The van der Waals surface area contributed by atoms with Gasteiger partial charge in [-0.3, -0.25) is 0 Å². The normalized spacial score (nSPS) is 33.1. The summed E-state index contributed by atoms with van der Waals surface area (Å²) in [5.74, 6) is 5.67. The van der Waals surface area contributed by atoms with E-state index in [9.17, 15) is 4.79 Å². The van der Waals surface area contributed by atoms with Crippen molar-refractivity contribution < 1.29 is 14.3 Å². The van der Waals surface area contributed by atoms with Crippen LogP contribution in [0.5, 0.6) is 5.75 Å². The third-order valence-electron chi connectivity index (χ3n) is 13.5. The van der Waals surface area contributed by atoms with E-state index >= 15 is 0 Å². The molecule has 0 saturated heterocycles. The molecule has 3 nitrogen and oxygen atoms in total. The van der Waals surface area contributed by atoms with E-state index in [1.165, 1.54) is 95.5 Å². The lowest BCUT2D eigenvalue weighted by Crippen LogP contribution is -2.51. The number of carbonyl (C=O) groups excluding carboxylic acids is 1. The summed E-state index contributed by atoms with van der Waals surface area (Å²) in [4.78, 5) is 12.8. The molecule has 4 aliphatic carbocycles. The lowest BCUT2D eigenvalue weighted by atomic mass is 9.47. The topological polar surface area (TPSA) is 35.5 Å². The number of rotatable bonds is 14. The largest absolute Gasteiger partial charge is 0.514 e. The lowest BCUT2D eigenvalue weighted by Gasteiger charge is -2.58. The van der Waals surface area contributed by atoms with Crippen LogP contribution in [0.1, 0.15) is 156 Å². The van der Waals surface area contributed by atoms with Gasteiger partial charge in [0.15, 0.2) is 0 Å². The van der Waals surface area contributed by atoms with Crippen LogP contribution >= 0.6 is 0 Å². The van der Waals surface area contributed by atoms with Crippen LogP contribution in [0.3, 0.4) is 0 Å². The highest BCUT2D eigenvalue weighted by Gasteiger charge is 2.59. The number of carbonyl (C=O) groups is 1. The summed E-state index contributed by atoms with van der Waals surface area (Å²) in [5.41, 5.74) is 3.66. The quantitative estimate of drug-likeness (QED) is 0.0900. The van der Waals surface area contributed by atoms with Crippen LogP contribution in [0.15, 0.2) is 35.9 Å². The minimum Gasteiger partial charge on any atom is -0.430 e. The summed E-state index contributed by atoms with van der Waals surface area (Å²) in [6, 6.07) is 8.04. The van der Waals surface area contributed by atoms with Gasteiger partial charge in [-0.15, -0.1) is 0 Å². The summed E-state index contributed by atoms with van der Waals surface area (Å²) in [6.45, 7) is 14.8. The van der Waals surface area contributed by atoms with Gasteiger partial charge in [0.2, 0.25) is 0 Å². The molecule has 4 unspecified atom stereocenters. The number of fused-ring (bicyclic) bond motifs is 5. The van der Waals surface area contributed by atoms with Crippen molar-refractivity contribution >= 4 is 6.16 Å². The van der Waals surface area contributed by atoms with E-state index in [0.29, 0.717) is 11.2 Å². The van der Waals surface area contributed by atoms with E-state index in [-0.39, 0.29) is 11.5 Å². The van der Waals surface area contributed by atoms with Crippen LogP contribution in [-0.2, 0) is 11.2 Å². The second kappa shape index (κ2) is 15.4. The van der Waals surface area contributed by atoms with Gasteiger partial charge in [-0.25, -0.2) is 4.79 Å². The highest BCUT2D eigenvalue weighted by Crippen LogP contribution is 2.67. The lowest BCUT2D eigenvalue weighted by molar-refractivity contribution is -0.0597. The third kappa shape index (κ3) is 8.03. The zero-order valence-electron chi connectivity index (χ0n) is 29.9. The second-order valence-corrected chi connectivity index (χ2v) is 16.8. The van der Waals surface area contributed by atoms with Gasteiger partial charge in [0, 0.05) is 6.42 Å². The SMILES string of the molecule is CCCCCCCCc1ccc(OC(=O)OC2CC[C@@]3(C)C(=CCC4C3CC[C@@]3(C)C4CC[C@@H]3[C@H](C)CCCC(C)C)C2)cc1. The maximum absolute atomic E-state index is 12.8. The molecule has 8 atom stereocenters. The second-order valence-electron chi connectivity index (χ2n) is 16.8. The van der Waals surface area contributed by atoms with Gasteiger partial charge in [0.05, 0.1) is 0 Å². The summed E-state index contributed by atoms with van der Waals surface area (Å²) in [6.07, 6.45) is 24.9. The standard InChI is InChI=1S/C42H66O3/c1-7-8-9-10-11-12-16-32-17-20-34(21-18-32)44-40(43)45-35-25-27-41(5)33(29-35)19-22-36-38-24-23-37(31(4)15-13-14-30(2)3)42(38,6)28-26-39(36)41/h17-21,30-31,35-39H,7-16,22-29H2,1-6H3/t31-,35?,36?,37-,38?,39?,41+,42-/m1/s1. The minimum absolute atomic E-state index is 0.0724. The van der Waals surface area contributed by atoms with Gasteiger partial charge < -0.3 is 9.47 Å². The predicted molar refractivity (Wildman–Crippen MR) is 187 cm³/mol. The van der Waals surface area contributed by atoms with Gasteiger partial charge in [-0.2, -0.15) is 0 Å². The molecular formula is C42H66O3. The Morgan fingerprint density at radius 1 is 0.867 bits per heavy atom. The van der Waals surface area contributed by atoms with Gasteiger partial charge >= 0.3 is 6.16 Å². The molecule has 0 amide bonds. The van der Waals surface area contributed by atoms with E-state index < -0.39 is 6.16 Å². The van der Waals surface area contributed by atoms with Crippen molar-refractivity contribution in [3.8, 4) is 5.75 Å². The number of hydrogen-bond donors (Lipinski definition) is 0. The first-order valence-corrected chi connectivity index (χ1v) is 19.3. The summed E-state index contributed by atoms with van der Waals surface area (Å²) < 4.78 is 11.6. The van der Waals surface area contributed by atoms with Crippen LogP contribution in [0.4, 0.5) is 4.79 Å². The summed E-state index contributed by atoms with van der Waals surface area (Å²) in [5, 5.41) is 0. The Labute approximate surface area is 276 Å². The molecule has 3 heteroatoms. The number of hydrogen-bond acceptors (Lipinski definition) is 3. The van der Waals surface area contributed by atoms with Crippen LogP contribution in [0.2, 0.25) is 0 Å². The maximum atomic E-state index is 12.8. The molecule has 1 aromatic carbocycles. The minimum atomic E-state index is -0.547. The van der Waals surface area contributed by atoms with E-state index in [1.54, 1.807) is 5.57 Å². The molecule has 5 rings (SSSR count). The Kier molecular flexibility index (Phi) is 11.8. The number of benzene rings is 1. The number of aryl methyl sites for hydroxylation is 1. The van der Waals surface area contributed by atoms with E-state index in [1.807, 2.05) is 12.1 Å². The Morgan fingerprint density at radius 2 is 1.62 bits per heavy atom. The molecule has 0 bridgehead atoms. The van der Waals surface area contributed by atoms with Crippen LogP contribution in [0.25, 0.3) is 0 Å². The Balaban J connectivity index is 1.11. The first-order chi connectivity index (χ1) is 21.6. The van der Waals surface area contributed by atoms with Crippen LogP contribution < -0.4 is 4.74 Å². The number of ether oxygens (including phenoxy) is 2. The van der Waals surface area contributed by atoms with Crippen molar-refractivity contribution in [1.29, 1.82) is 0 Å². The smallest absolute Gasteiger partial charge is 0.430 e. The first-order valence-electron chi connectivity index (χ1n) is 19.3. The van der Waals surface area contributed by atoms with Gasteiger partial charge in [0.25, 0.3) is 0 Å². The van der Waals surface area contributed by atoms with Crippen molar-refractivity contribution in [3.05, 3.63) is 41.5 Å². The average Bonchev–Trinajstić information content (AvgIpc) is 3.37. The highest BCUT2D eigenvalue weighted by molar-refractivity contribution is 5.64. The first kappa shape index (κ1) is 34.6. The summed E-state index contributed by atoms with van der Waals surface area (Å²) >= 11 is 0. The molecule has 4 aliphatic rings. The molecule has 3 saturated carbocycles. The maximum Gasteiger partial charge on any atom is 0.514 e. The molecule has 0 aliphatic heterocycles. The van der Waals surface area contributed by atoms with E-state index in [2.05, 4.69) is 59.8 Å². The Bertz CT molecular complexity index is 1120. The average molecular weight is 619 g/mol. The molecular weight excluding hydrogens is 552 g/mol. The van der Waals surface area contributed by atoms with Crippen LogP contribution in [-0.4, -0.2) is 12.3 Å². The molecule has 45 heavy (non-hydrogen) atoms. The molecule has 0 radical (unpaired) electrons. The Hall–Kier alpha value is -1.77. The predicted octanol–water partition coefficient (Wildman–Crippen LogP) is 12.5. The molecule has 252 valence electrons. The van der Waals surface area contributed by atoms with E-state index in [0.717, 1.165) is 61.2 Å². The van der Waals surface area contributed by atoms with Gasteiger partial charge in [-0.1, -0.05) is 117 Å². The molecule has 1 aromatic rings. The summed E-state index contributed by atoms with van der Waals surface area (Å²) in [7, 11) is 0. The van der Waals surface area contributed by atoms with E-state index in [4.69, 9.17) is 9.47 Å². The monoisotopic (exact) mass is 619 g/mol. The van der Waals surface area contributed by atoms with Crippen molar-refractivity contribution in [1.82, 2.24) is 0 Å². The zero-order chi connectivity index (χ0) is 32.0. The molecule has 0 aromatic heterocycles. The van der Waals surface area contributed by atoms with Crippen molar-refractivity contribution in [3.63, 3.8) is 0 Å². The third-order valence-corrected chi connectivity index (χ3v) is 13.5. The Morgan fingerprint density at radius 3 is 2.38 bits per heavy atom. The van der Waals surface area contributed by atoms with Crippen molar-refractivity contribution in [2.24, 2.45) is 46.3 Å². The van der Waals surface area contributed by atoms with Crippen molar-refractivity contribution in [2.45, 2.75) is 163 Å². The highest BCUT2D eigenvalue weighted by atomic mass is 16.7. The zero-order valence-corrected chi connectivity index (χ0v) is 29.9. The van der Waals surface area contributed by atoms with Gasteiger partial charge in [-0.05, 0) is 122 Å². The van der Waals surface area contributed by atoms with Crippen LogP contribution in [0, 0.1) is 46.3 Å². The number of unbranched alkanes of at least 4 members (excludes halogenated alkanes) is 5. The fraction of sp³-hybridized carbons (Fsp3) is 0.786. The van der Waals surface area contributed by atoms with Gasteiger partial charge in [0.1, 0.15) is 11.9 Å². The fourth-order valence-electron chi connectivity index (χ4n) is 10.8.